The maximum atomic E-state index is 12.4. The zero-order chi connectivity index (χ0) is 24.9. The molecule has 5 rings (SSSR count). The first kappa shape index (κ1) is 25.4. The van der Waals surface area contributed by atoms with Gasteiger partial charge in [-0.05, 0) is 105 Å². The summed E-state index contributed by atoms with van der Waals surface area (Å²) >= 11 is 12.0. The van der Waals surface area contributed by atoms with Crippen molar-refractivity contribution < 1.29 is 4.79 Å². The number of likely N-dealkylation sites (tertiary alicyclic amines) is 1. The van der Waals surface area contributed by atoms with Crippen molar-refractivity contribution in [3.63, 3.8) is 0 Å². The van der Waals surface area contributed by atoms with Crippen LogP contribution in [0.1, 0.15) is 49.7 Å². The van der Waals surface area contributed by atoms with E-state index in [1.54, 1.807) is 24.3 Å². The van der Waals surface area contributed by atoms with Crippen molar-refractivity contribution >= 4 is 46.1 Å². The van der Waals surface area contributed by atoms with Gasteiger partial charge < -0.3 is 15.2 Å². The van der Waals surface area contributed by atoms with Crippen LogP contribution >= 0.6 is 23.2 Å². The Kier molecular flexibility index (Phi) is 8.36. The highest BCUT2D eigenvalue weighted by Gasteiger charge is 2.26. The summed E-state index contributed by atoms with van der Waals surface area (Å²) in [4.78, 5) is 18.5. The number of benzene rings is 2. The zero-order valence-electron chi connectivity index (χ0n) is 20.7. The summed E-state index contributed by atoms with van der Waals surface area (Å²) in [6.45, 7) is 3.63. The first-order chi connectivity index (χ1) is 17.5. The molecule has 1 saturated heterocycles. The van der Waals surface area contributed by atoms with E-state index >= 15 is 0 Å². The molecule has 3 aromatic rings. The monoisotopic (exact) mass is 523 g/mol. The maximum absolute atomic E-state index is 12.4. The predicted octanol–water partition coefficient (Wildman–Crippen LogP) is 7.12. The summed E-state index contributed by atoms with van der Waals surface area (Å²) in [6, 6.07) is 14.3. The van der Waals surface area contributed by atoms with Gasteiger partial charge in [0.05, 0.1) is 10.0 Å². The molecule has 2 heterocycles. The van der Waals surface area contributed by atoms with Gasteiger partial charge in [-0.3, -0.25) is 4.79 Å². The Morgan fingerprint density at radius 2 is 1.75 bits per heavy atom. The third-order valence-corrected chi connectivity index (χ3v) is 8.71. The number of aromatic nitrogens is 1. The maximum Gasteiger partial charge on any atom is 0.244 e. The number of piperidine rings is 1. The van der Waals surface area contributed by atoms with E-state index < -0.39 is 0 Å². The van der Waals surface area contributed by atoms with E-state index in [9.17, 15) is 4.79 Å². The van der Waals surface area contributed by atoms with Crippen LogP contribution in [0, 0.1) is 11.8 Å². The Balaban J connectivity index is 1.01. The lowest BCUT2D eigenvalue weighted by Gasteiger charge is -2.36. The molecular weight excluding hydrogens is 489 g/mol. The second kappa shape index (κ2) is 11.9. The molecule has 1 aromatic heterocycles. The molecule has 2 aromatic carbocycles. The normalized spacial score (nSPS) is 21.8. The van der Waals surface area contributed by atoms with Gasteiger partial charge in [-0.1, -0.05) is 47.5 Å². The van der Waals surface area contributed by atoms with E-state index in [0.717, 1.165) is 30.2 Å². The van der Waals surface area contributed by atoms with Gasteiger partial charge >= 0.3 is 0 Å². The summed E-state index contributed by atoms with van der Waals surface area (Å²) in [5.74, 6) is 1.49. The van der Waals surface area contributed by atoms with E-state index in [4.69, 9.17) is 23.2 Å². The van der Waals surface area contributed by atoms with Gasteiger partial charge in [-0.2, -0.15) is 0 Å². The van der Waals surface area contributed by atoms with Gasteiger partial charge in [-0.25, -0.2) is 0 Å². The van der Waals surface area contributed by atoms with E-state index in [2.05, 4.69) is 45.7 Å². The van der Waals surface area contributed by atoms with Crippen LogP contribution in [0.5, 0.6) is 0 Å². The lowest BCUT2D eigenvalue weighted by atomic mass is 9.84. The smallest absolute Gasteiger partial charge is 0.244 e. The van der Waals surface area contributed by atoms with Crippen molar-refractivity contribution in [1.82, 2.24) is 15.2 Å². The first-order valence-corrected chi connectivity index (χ1v) is 14.0. The fourth-order valence-corrected chi connectivity index (χ4v) is 6.18. The number of aromatic amines is 1. The number of hydrogen-bond donors (Lipinski definition) is 2. The number of carbonyl (C=O) groups is 1. The number of para-hydroxylation sites is 1. The van der Waals surface area contributed by atoms with E-state index in [1.165, 1.54) is 68.2 Å². The molecule has 0 atom stereocenters. The number of hydrogen-bond acceptors (Lipinski definition) is 2. The fourth-order valence-electron chi connectivity index (χ4n) is 5.88. The number of amides is 1. The SMILES string of the molecule is O=C(/C=C/c1ccc(Cl)c(Cl)c1)NC1CCC(CN2CCC(Cc3c[nH]c4ccccc34)CC2)CC1. The van der Waals surface area contributed by atoms with Crippen LogP contribution in [0.3, 0.4) is 0 Å². The van der Waals surface area contributed by atoms with E-state index in [-0.39, 0.29) is 11.9 Å². The largest absolute Gasteiger partial charge is 0.361 e. The Morgan fingerprint density at radius 1 is 0.972 bits per heavy atom. The summed E-state index contributed by atoms with van der Waals surface area (Å²) in [6.07, 6.45) is 13.8. The quantitative estimate of drug-likeness (QED) is 0.324. The summed E-state index contributed by atoms with van der Waals surface area (Å²) in [5, 5.41) is 5.58. The Bertz CT molecular complexity index is 1200. The van der Waals surface area contributed by atoms with Crippen LogP contribution in [-0.4, -0.2) is 41.5 Å². The molecule has 190 valence electrons. The predicted molar refractivity (Wildman–Crippen MR) is 151 cm³/mol. The number of rotatable bonds is 7. The van der Waals surface area contributed by atoms with Crippen molar-refractivity contribution in [2.75, 3.05) is 19.6 Å². The van der Waals surface area contributed by atoms with Gasteiger partial charge in [0.1, 0.15) is 0 Å². The van der Waals surface area contributed by atoms with Gasteiger partial charge in [0.15, 0.2) is 0 Å². The average molecular weight is 525 g/mol. The van der Waals surface area contributed by atoms with Gasteiger partial charge in [-0.15, -0.1) is 0 Å². The standard InChI is InChI=1S/C30H35Cl2N3O/c31-27-11-7-21(18-28(27)32)8-12-30(36)34-25-9-5-23(6-10-25)20-35-15-13-22(14-16-35)17-24-19-33-29-4-2-1-3-26(24)29/h1-4,7-8,11-12,18-19,22-23,25,33H,5-6,9-10,13-17,20H2,(H,34,36)/b12-8+. The van der Waals surface area contributed by atoms with E-state index in [0.29, 0.717) is 10.0 Å². The highest BCUT2D eigenvalue weighted by molar-refractivity contribution is 6.42. The van der Waals surface area contributed by atoms with Crippen LogP contribution in [0.25, 0.3) is 17.0 Å². The molecule has 1 aliphatic heterocycles. The fraction of sp³-hybridized carbons (Fsp3) is 0.433. The molecule has 2 N–H and O–H groups in total. The third-order valence-electron chi connectivity index (χ3n) is 7.97. The molecule has 36 heavy (non-hydrogen) atoms. The summed E-state index contributed by atoms with van der Waals surface area (Å²) in [7, 11) is 0. The number of carbonyl (C=O) groups excluding carboxylic acids is 1. The number of fused-ring (bicyclic) bond motifs is 1. The minimum Gasteiger partial charge on any atom is -0.361 e. The van der Waals surface area contributed by atoms with Crippen LogP contribution in [-0.2, 0) is 11.2 Å². The zero-order valence-corrected chi connectivity index (χ0v) is 22.2. The average Bonchev–Trinajstić information content (AvgIpc) is 3.30. The van der Waals surface area contributed by atoms with Crippen molar-refractivity contribution in [3.05, 3.63) is 75.9 Å². The molecule has 0 bridgehead atoms. The number of nitrogens with zero attached hydrogens (tertiary/aromatic N) is 1. The van der Waals surface area contributed by atoms with Crippen LogP contribution in [0.15, 0.2) is 54.7 Å². The molecule has 0 spiro atoms. The lowest BCUT2D eigenvalue weighted by molar-refractivity contribution is -0.117. The van der Waals surface area contributed by atoms with Crippen LogP contribution in [0.2, 0.25) is 10.0 Å². The molecule has 1 amide bonds. The molecule has 2 aliphatic rings. The molecule has 4 nitrogen and oxygen atoms in total. The molecule has 6 heteroatoms. The number of nitrogens with one attached hydrogen (secondary N) is 2. The molecule has 1 saturated carbocycles. The van der Waals surface area contributed by atoms with Gasteiger partial charge in [0, 0.05) is 35.8 Å². The molecular formula is C30H35Cl2N3O. The van der Waals surface area contributed by atoms with Crippen molar-refractivity contribution in [2.45, 2.75) is 51.0 Å². The molecule has 2 fully saturated rings. The third kappa shape index (κ3) is 6.53. The highest BCUT2D eigenvalue weighted by Crippen LogP contribution is 2.29. The highest BCUT2D eigenvalue weighted by atomic mass is 35.5. The summed E-state index contributed by atoms with van der Waals surface area (Å²) < 4.78 is 0. The van der Waals surface area contributed by atoms with Gasteiger partial charge in [0.2, 0.25) is 5.91 Å². The topological polar surface area (TPSA) is 48.1 Å². The van der Waals surface area contributed by atoms with Crippen molar-refractivity contribution in [3.8, 4) is 0 Å². The lowest BCUT2D eigenvalue weighted by Crippen LogP contribution is -2.41. The Labute approximate surface area is 224 Å². The Morgan fingerprint density at radius 3 is 2.53 bits per heavy atom. The van der Waals surface area contributed by atoms with Gasteiger partial charge in [0.25, 0.3) is 0 Å². The molecule has 1 aliphatic carbocycles. The van der Waals surface area contributed by atoms with E-state index in [1.807, 2.05) is 6.07 Å². The molecule has 0 radical (unpaired) electrons. The Hall–Kier alpha value is -2.27. The minimum atomic E-state index is -0.0400. The summed E-state index contributed by atoms with van der Waals surface area (Å²) in [5.41, 5.74) is 3.59. The van der Waals surface area contributed by atoms with Crippen LogP contribution < -0.4 is 5.32 Å². The number of halogens is 2. The van der Waals surface area contributed by atoms with Crippen molar-refractivity contribution in [2.24, 2.45) is 11.8 Å². The first-order valence-electron chi connectivity index (χ1n) is 13.2. The number of H-pyrrole nitrogens is 1. The second-order valence-corrected chi connectivity index (χ2v) is 11.4. The van der Waals surface area contributed by atoms with Crippen LogP contribution in [0.4, 0.5) is 0 Å². The second-order valence-electron chi connectivity index (χ2n) is 10.5. The molecule has 0 unspecified atom stereocenters. The minimum absolute atomic E-state index is 0.0400. The van der Waals surface area contributed by atoms with Crippen molar-refractivity contribution in [1.29, 1.82) is 0 Å².